The summed E-state index contributed by atoms with van der Waals surface area (Å²) in [5, 5.41) is 0. The molecule has 0 aliphatic carbocycles. The van der Waals surface area contributed by atoms with Gasteiger partial charge in [0.15, 0.2) is 0 Å². The molecular formula is C19H25N3O3. The molecule has 0 aromatic carbocycles. The van der Waals surface area contributed by atoms with Crippen molar-refractivity contribution in [3.05, 3.63) is 48.0 Å². The van der Waals surface area contributed by atoms with Gasteiger partial charge < -0.3 is 19.0 Å². The molecule has 1 aliphatic rings. The van der Waals surface area contributed by atoms with Gasteiger partial charge in [0.1, 0.15) is 11.6 Å². The summed E-state index contributed by atoms with van der Waals surface area (Å²) in [6.45, 7) is 6.42. The topological polar surface area (TPSA) is 58.8 Å². The van der Waals surface area contributed by atoms with Crippen LogP contribution in [0.5, 0.6) is 0 Å². The van der Waals surface area contributed by atoms with Gasteiger partial charge in [-0.05, 0) is 30.7 Å². The monoisotopic (exact) mass is 343 g/mol. The van der Waals surface area contributed by atoms with Crippen LogP contribution in [0.1, 0.15) is 35.9 Å². The van der Waals surface area contributed by atoms with Crippen LogP contribution >= 0.6 is 0 Å². The fourth-order valence-corrected chi connectivity index (χ4v) is 2.87. The van der Waals surface area contributed by atoms with Crippen molar-refractivity contribution in [3.63, 3.8) is 0 Å². The van der Waals surface area contributed by atoms with Crippen LogP contribution in [-0.2, 0) is 11.3 Å². The lowest BCUT2D eigenvalue weighted by Gasteiger charge is -2.28. The Morgan fingerprint density at radius 1 is 1.28 bits per heavy atom. The van der Waals surface area contributed by atoms with Crippen LogP contribution in [-0.4, -0.2) is 48.6 Å². The van der Waals surface area contributed by atoms with E-state index in [1.165, 1.54) is 0 Å². The predicted molar refractivity (Wildman–Crippen MR) is 95.6 cm³/mol. The quantitative estimate of drug-likeness (QED) is 0.773. The number of ether oxygens (including phenoxy) is 1. The van der Waals surface area contributed by atoms with Crippen LogP contribution in [0.3, 0.4) is 0 Å². The first-order valence-electron chi connectivity index (χ1n) is 8.88. The largest absolute Gasteiger partial charge is 0.467 e. The third-order valence-corrected chi connectivity index (χ3v) is 4.33. The molecule has 2 aromatic rings. The third kappa shape index (κ3) is 4.60. The maximum atomic E-state index is 12.9. The first-order chi connectivity index (χ1) is 12.3. The molecule has 1 saturated heterocycles. The van der Waals surface area contributed by atoms with Crippen LogP contribution in [0, 0.1) is 0 Å². The van der Waals surface area contributed by atoms with E-state index < -0.39 is 0 Å². The number of anilines is 1. The first kappa shape index (κ1) is 17.5. The van der Waals surface area contributed by atoms with Crippen LogP contribution in [0.2, 0.25) is 0 Å². The van der Waals surface area contributed by atoms with Crippen molar-refractivity contribution < 1.29 is 13.9 Å². The van der Waals surface area contributed by atoms with Crippen molar-refractivity contribution in [2.24, 2.45) is 0 Å². The SMILES string of the molecule is CCCCN(Cc1ccco1)C(=O)c1ccc(N2CCOCC2)nc1. The molecule has 134 valence electrons. The van der Waals surface area contributed by atoms with E-state index in [2.05, 4.69) is 16.8 Å². The molecule has 0 saturated carbocycles. The number of carbonyl (C=O) groups excluding carboxylic acids is 1. The Morgan fingerprint density at radius 3 is 2.76 bits per heavy atom. The number of rotatable bonds is 7. The molecule has 25 heavy (non-hydrogen) atoms. The van der Waals surface area contributed by atoms with Gasteiger partial charge >= 0.3 is 0 Å². The average Bonchev–Trinajstić information content (AvgIpc) is 3.18. The molecule has 1 amide bonds. The number of morpholine rings is 1. The summed E-state index contributed by atoms with van der Waals surface area (Å²) >= 11 is 0. The minimum atomic E-state index is -0.00845. The Bertz CT molecular complexity index is 649. The molecule has 1 aliphatic heterocycles. The minimum absolute atomic E-state index is 0.00845. The van der Waals surface area contributed by atoms with Gasteiger partial charge in [-0.15, -0.1) is 0 Å². The lowest BCUT2D eigenvalue weighted by atomic mass is 10.2. The number of hydrogen-bond donors (Lipinski definition) is 0. The Labute approximate surface area is 148 Å². The number of hydrogen-bond acceptors (Lipinski definition) is 5. The molecule has 0 N–H and O–H groups in total. The van der Waals surface area contributed by atoms with E-state index in [0.29, 0.717) is 18.7 Å². The van der Waals surface area contributed by atoms with Gasteiger partial charge in [-0.3, -0.25) is 4.79 Å². The molecule has 0 bridgehead atoms. The zero-order chi connectivity index (χ0) is 17.5. The Hall–Kier alpha value is -2.34. The van der Waals surface area contributed by atoms with Gasteiger partial charge in [0.2, 0.25) is 0 Å². The number of nitrogens with zero attached hydrogens (tertiary/aromatic N) is 3. The lowest BCUT2D eigenvalue weighted by Crippen LogP contribution is -2.37. The standard InChI is InChI=1S/C19H25N3O3/c1-2-3-8-22(15-17-5-4-11-25-17)19(23)16-6-7-18(20-14-16)21-9-12-24-13-10-21/h4-7,11,14H,2-3,8-10,12-13,15H2,1H3. The zero-order valence-corrected chi connectivity index (χ0v) is 14.7. The summed E-state index contributed by atoms with van der Waals surface area (Å²) in [4.78, 5) is 21.4. The second-order valence-corrected chi connectivity index (χ2v) is 6.16. The van der Waals surface area contributed by atoms with E-state index in [1.54, 1.807) is 12.5 Å². The third-order valence-electron chi connectivity index (χ3n) is 4.33. The highest BCUT2D eigenvalue weighted by molar-refractivity contribution is 5.94. The van der Waals surface area contributed by atoms with Crippen molar-refractivity contribution in [2.45, 2.75) is 26.3 Å². The normalized spacial score (nSPS) is 14.5. The molecule has 2 aromatic heterocycles. The van der Waals surface area contributed by atoms with Crippen molar-refractivity contribution in [1.29, 1.82) is 0 Å². The summed E-state index contributed by atoms with van der Waals surface area (Å²) in [7, 11) is 0. The van der Waals surface area contributed by atoms with Crippen LogP contribution in [0.4, 0.5) is 5.82 Å². The Morgan fingerprint density at radius 2 is 2.12 bits per heavy atom. The van der Waals surface area contributed by atoms with Crippen molar-refractivity contribution in [1.82, 2.24) is 9.88 Å². The molecule has 3 rings (SSSR count). The fraction of sp³-hybridized carbons (Fsp3) is 0.474. The molecule has 0 radical (unpaired) electrons. The van der Waals surface area contributed by atoms with E-state index in [0.717, 1.165) is 50.7 Å². The van der Waals surface area contributed by atoms with E-state index in [-0.39, 0.29) is 5.91 Å². The van der Waals surface area contributed by atoms with Crippen molar-refractivity contribution >= 4 is 11.7 Å². The van der Waals surface area contributed by atoms with Gasteiger partial charge in [0.05, 0.1) is 31.6 Å². The minimum Gasteiger partial charge on any atom is -0.467 e. The molecule has 0 atom stereocenters. The number of unbranched alkanes of at least 4 members (excludes halogenated alkanes) is 1. The maximum absolute atomic E-state index is 12.9. The van der Waals surface area contributed by atoms with E-state index in [9.17, 15) is 4.79 Å². The molecule has 0 unspecified atom stereocenters. The van der Waals surface area contributed by atoms with Crippen LogP contribution in [0.15, 0.2) is 41.1 Å². The van der Waals surface area contributed by atoms with Crippen molar-refractivity contribution in [2.75, 3.05) is 37.7 Å². The molecule has 6 nitrogen and oxygen atoms in total. The number of carbonyl (C=O) groups is 1. The highest BCUT2D eigenvalue weighted by Gasteiger charge is 2.18. The second-order valence-electron chi connectivity index (χ2n) is 6.16. The highest BCUT2D eigenvalue weighted by Crippen LogP contribution is 2.16. The average molecular weight is 343 g/mol. The molecule has 3 heterocycles. The Balaban J connectivity index is 1.69. The summed E-state index contributed by atoms with van der Waals surface area (Å²) in [5.74, 6) is 1.68. The van der Waals surface area contributed by atoms with Gasteiger partial charge in [-0.25, -0.2) is 4.98 Å². The van der Waals surface area contributed by atoms with Gasteiger partial charge in [-0.1, -0.05) is 13.3 Å². The van der Waals surface area contributed by atoms with E-state index in [4.69, 9.17) is 9.15 Å². The maximum Gasteiger partial charge on any atom is 0.255 e. The predicted octanol–water partition coefficient (Wildman–Crippen LogP) is 2.95. The number of furan rings is 1. The highest BCUT2D eigenvalue weighted by atomic mass is 16.5. The molecule has 6 heteroatoms. The number of aromatic nitrogens is 1. The second kappa shape index (κ2) is 8.67. The summed E-state index contributed by atoms with van der Waals surface area (Å²) in [5.41, 5.74) is 0.611. The smallest absolute Gasteiger partial charge is 0.255 e. The summed E-state index contributed by atoms with van der Waals surface area (Å²) in [6, 6.07) is 7.52. The van der Waals surface area contributed by atoms with E-state index in [1.807, 2.05) is 29.2 Å². The van der Waals surface area contributed by atoms with Gasteiger partial charge in [-0.2, -0.15) is 0 Å². The first-order valence-corrected chi connectivity index (χ1v) is 8.88. The van der Waals surface area contributed by atoms with Gasteiger partial charge in [0.25, 0.3) is 5.91 Å². The number of amides is 1. The van der Waals surface area contributed by atoms with Crippen LogP contribution in [0.25, 0.3) is 0 Å². The van der Waals surface area contributed by atoms with Crippen molar-refractivity contribution in [3.8, 4) is 0 Å². The summed E-state index contributed by atoms with van der Waals surface area (Å²) in [6.07, 6.45) is 5.31. The molecule has 0 spiro atoms. The van der Waals surface area contributed by atoms with Gasteiger partial charge in [0, 0.05) is 25.8 Å². The van der Waals surface area contributed by atoms with Crippen LogP contribution < -0.4 is 4.90 Å². The zero-order valence-electron chi connectivity index (χ0n) is 14.7. The summed E-state index contributed by atoms with van der Waals surface area (Å²) < 4.78 is 10.8. The molecule has 1 fully saturated rings. The molecular weight excluding hydrogens is 318 g/mol. The lowest BCUT2D eigenvalue weighted by molar-refractivity contribution is 0.0728. The number of pyridine rings is 1. The fourth-order valence-electron chi connectivity index (χ4n) is 2.87. The Kier molecular flexibility index (Phi) is 6.06. The van der Waals surface area contributed by atoms with E-state index >= 15 is 0 Å².